The molecule has 0 saturated carbocycles. The van der Waals surface area contributed by atoms with E-state index in [-0.39, 0.29) is 11.2 Å². The first-order chi connectivity index (χ1) is 29.8. The van der Waals surface area contributed by atoms with Crippen LogP contribution in [0.15, 0.2) is 193 Å². The Kier molecular flexibility index (Phi) is 8.46. The molecule has 0 unspecified atom stereocenters. The van der Waals surface area contributed by atoms with Gasteiger partial charge in [0.05, 0.1) is 22.3 Å². The third-order valence-electron chi connectivity index (χ3n) is 11.9. The number of hydrogen-bond donors (Lipinski definition) is 1. The number of fused-ring (bicyclic) bond motifs is 6. The van der Waals surface area contributed by atoms with E-state index in [1.807, 2.05) is 36.5 Å². The second-order valence-corrected chi connectivity index (χ2v) is 16.8. The summed E-state index contributed by atoms with van der Waals surface area (Å²) in [5, 5.41) is 15.9. The maximum atomic E-state index is 11.4. The molecule has 0 saturated heterocycles. The van der Waals surface area contributed by atoms with Crippen LogP contribution < -0.4 is 0 Å². The third kappa shape index (κ3) is 6.17. The average Bonchev–Trinajstić information content (AvgIpc) is 3.88. The fourth-order valence-electron chi connectivity index (χ4n) is 8.86. The van der Waals surface area contributed by atoms with Gasteiger partial charge >= 0.3 is 0 Å². The highest BCUT2D eigenvalue weighted by Crippen LogP contribution is 2.44. The Morgan fingerprint density at radius 1 is 0.541 bits per heavy atom. The van der Waals surface area contributed by atoms with Gasteiger partial charge in [0, 0.05) is 33.7 Å². The fourth-order valence-corrected chi connectivity index (χ4v) is 8.86. The predicted molar refractivity (Wildman–Crippen MR) is 251 cm³/mol. The number of para-hydroxylation sites is 2. The quantitative estimate of drug-likeness (QED) is 0.182. The van der Waals surface area contributed by atoms with Gasteiger partial charge in [-0.05, 0) is 105 Å². The van der Waals surface area contributed by atoms with E-state index < -0.39 is 0 Å². The van der Waals surface area contributed by atoms with Crippen LogP contribution in [0.1, 0.15) is 26.3 Å². The highest BCUT2D eigenvalue weighted by Gasteiger charge is 2.24. The molecule has 61 heavy (non-hydrogen) atoms. The summed E-state index contributed by atoms with van der Waals surface area (Å²) >= 11 is 0. The first-order valence-electron chi connectivity index (χ1n) is 20.7. The zero-order valence-electron chi connectivity index (χ0n) is 34.1. The summed E-state index contributed by atoms with van der Waals surface area (Å²) in [6.45, 7) is 6.73. The molecule has 0 amide bonds. The van der Waals surface area contributed by atoms with Crippen molar-refractivity contribution in [1.29, 1.82) is 0 Å². The SMILES string of the molecule is CC(C)(C)c1ccc(-n2c(-c3ccccc3O)nc3c(-c4cc(-c5ccccc5)cc(-c5nccc6c5oc5ccc7ccccc7c56)c4)cccc32)c(-c2ccccc2)c1. The second kappa shape index (κ2) is 14.2. The molecule has 11 rings (SSSR count). The molecule has 0 atom stereocenters. The van der Waals surface area contributed by atoms with Crippen LogP contribution in [0, 0.1) is 0 Å². The van der Waals surface area contributed by atoms with Crippen molar-refractivity contribution in [1.82, 2.24) is 14.5 Å². The minimum atomic E-state index is -0.0659. The maximum absolute atomic E-state index is 11.4. The Hall–Kier alpha value is -7.76. The number of benzene rings is 8. The van der Waals surface area contributed by atoms with Gasteiger partial charge in [-0.2, -0.15) is 0 Å². The van der Waals surface area contributed by atoms with Gasteiger partial charge < -0.3 is 9.52 Å². The molecule has 0 spiro atoms. The molecule has 0 bridgehead atoms. The van der Waals surface area contributed by atoms with Crippen molar-refractivity contribution in [3.63, 3.8) is 0 Å². The van der Waals surface area contributed by atoms with E-state index in [1.165, 1.54) is 10.9 Å². The zero-order valence-corrected chi connectivity index (χ0v) is 34.1. The van der Waals surface area contributed by atoms with Gasteiger partial charge in [-0.15, -0.1) is 0 Å². The monoisotopic (exact) mass is 787 g/mol. The van der Waals surface area contributed by atoms with Gasteiger partial charge in [0.25, 0.3) is 0 Å². The lowest BCUT2D eigenvalue weighted by Crippen LogP contribution is -2.12. The van der Waals surface area contributed by atoms with Crippen LogP contribution in [0.4, 0.5) is 0 Å². The zero-order chi connectivity index (χ0) is 41.2. The molecule has 3 heterocycles. The summed E-state index contributed by atoms with van der Waals surface area (Å²) in [5.74, 6) is 0.820. The van der Waals surface area contributed by atoms with Crippen molar-refractivity contribution in [2.75, 3.05) is 0 Å². The summed E-state index contributed by atoms with van der Waals surface area (Å²) in [5.41, 5.74) is 14.1. The Bertz CT molecular complexity index is 3460. The van der Waals surface area contributed by atoms with Crippen molar-refractivity contribution in [2.24, 2.45) is 0 Å². The largest absolute Gasteiger partial charge is 0.507 e. The molecule has 0 aliphatic carbocycles. The van der Waals surface area contributed by atoms with Crippen LogP contribution in [-0.4, -0.2) is 19.6 Å². The summed E-state index contributed by atoms with van der Waals surface area (Å²) in [6.07, 6.45) is 1.89. The molecular weight excluding hydrogens is 747 g/mol. The lowest BCUT2D eigenvalue weighted by molar-refractivity contribution is 0.477. The van der Waals surface area contributed by atoms with E-state index in [0.717, 1.165) is 88.7 Å². The highest BCUT2D eigenvalue weighted by molar-refractivity contribution is 6.20. The van der Waals surface area contributed by atoms with E-state index in [4.69, 9.17) is 14.4 Å². The van der Waals surface area contributed by atoms with Gasteiger partial charge in [0.1, 0.15) is 22.9 Å². The summed E-state index contributed by atoms with van der Waals surface area (Å²) < 4.78 is 8.92. The first kappa shape index (κ1) is 36.3. The van der Waals surface area contributed by atoms with Gasteiger partial charge in [0.15, 0.2) is 5.58 Å². The number of aromatic hydroxyl groups is 1. The first-order valence-corrected chi connectivity index (χ1v) is 20.7. The molecule has 8 aromatic carbocycles. The summed E-state index contributed by atoms with van der Waals surface area (Å²) in [7, 11) is 0. The van der Waals surface area contributed by atoms with Gasteiger partial charge in [-0.25, -0.2) is 4.98 Å². The summed E-state index contributed by atoms with van der Waals surface area (Å²) in [6, 6.07) is 62.9. The number of imidazole rings is 1. The number of aromatic nitrogens is 3. The second-order valence-electron chi connectivity index (χ2n) is 16.8. The lowest BCUT2D eigenvalue weighted by Gasteiger charge is -2.23. The van der Waals surface area contributed by atoms with Crippen molar-refractivity contribution < 1.29 is 9.52 Å². The molecule has 3 aromatic heterocycles. The smallest absolute Gasteiger partial charge is 0.161 e. The molecular formula is C56H41N3O2. The maximum Gasteiger partial charge on any atom is 0.161 e. The van der Waals surface area contributed by atoms with Crippen LogP contribution in [0.25, 0.3) is 105 Å². The minimum absolute atomic E-state index is 0.0659. The van der Waals surface area contributed by atoms with Gasteiger partial charge in [-0.3, -0.25) is 9.55 Å². The third-order valence-corrected chi connectivity index (χ3v) is 11.9. The minimum Gasteiger partial charge on any atom is -0.507 e. The standard InChI is InChI=1S/C56H41N3O2/c1-56(2,3)41-26-27-47(46(34-41)36-17-8-5-9-18-36)59-48-23-14-22-43(53(48)58-55(59)44-21-12-13-24-49(44)60)39-31-38(35-15-6-4-7-16-35)32-40(33-39)52-54-45(29-30-57-52)51-42-20-11-10-19-37(42)25-28-50(51)61-54/h4-34,60H,1-3H3. The predicted octanol–water partition coefficient (Wildman–Crippen LogP) is 14.8. The van der Waals surface area contributed by atoms with Crippen molar-refractivity contribution in [3.05, 3.63) is 194 Å². The molecule has 0 radical (unpaired) electrons. The molecule has 5 nitrogen and oxygen atoms in total. The van der Waals surface area contributed by atoms with Crippen LogP contribution in [-0.2, 0) is 5.41 Å². The van der Waals surface area contributed by atoms with Crippen LogP contribution >= 0.6 is 0 Å². The number of furan rings is 1. The van der Waals surface area contributed by atoms with Gasteiger partial charge in [-0.1, -0.05) is 142 Å². The molecule has 292 valence electrons. The van der Waals surface area contributed by atoms with E-state index in [0.29, 0.717) is 11.4 Å². The Labute approximate surface area is 353 Å². The topological polar surface area (TPSA) is 64.1 Å². The number of nitrogens with zero attached hydrogens (tertiary/aromatic N) is 3. The number of phenolic OH excluding ortho intramolecular Hbond substituents is 1. The summed E-state index contributed by atoms with van der Waals surface area (Å²) in [4.78, 5) is 10.5. The number of hydrogen-bond acceptors (Lipinski definition) is 4. The van der Waals surface area contributed by atoms with E-state index in [9.17, 15) is 5.11 Å². The van der Waals surface area contributed by atoms with E-state index in [2.05, 4.69) is 171 Å². The van der Waals surface area contributed by atoms with Gasteiger partial charge in [0.2, 0.25) is 0 Å². The average molecular weight is 788 g/mol. The molecule has 5 heteroatoms. The number of phenols is 1. The van der Waals surface area contributed by atoms with Crippen molar-refractivity contribution in [2.45, 2.75) is 26.2 Å². The van der Waals surface area contributed by atoms with Crippen LogP contribution in [0.5, 0.6) is 5.75 Å². The van der Waals surface area contributed by atoms with Crippen LogP contribution in [0.2, 0.25) is 0 Å². The molecule has 0 fully saturated rings. The molecule has 1 N–H and O–H groups in total. The van der Waals surface area contributed by atoms with Crippen molar-refractivity contribution in [3.8, 4) is 67.5 Å². The molecule has 0 aliphatic heterocycles. The fraction of sp³-hybridized carbons (Fsp3) is 0.0714. The van der Waals surface area contributed by atoms with Crippen LogP contribution in [0.3, 0.4) is 0 Å². The molecule has 0 aliphatic rings. The van der Waals surface area contributed by atoms with E-state index in [1.54, 1.807) is 6.07 Å². The Morgan fingerprint density at radius 3 is 2.05 bits per heavy atom. The number of pyridine rings is 1. The Balaban J connectivity index is 1.19. The Morgan fingerprint density at radius 2 is 1.25 bits per heavy atom. The normalized spacial score (nSPS) is 11.9. The lowest BCUT2D eigenvalue weighted by atomic mass is 9.85. The highest BCUT2D eigenvalue weighted by atomic mass is 16.3. The number of rotatable bonds is 6. The van der Waals surface area contributed by atoms with Crippen molar-refractivity contribution >= 4 is 43.7 Å². The molecule has 11 aromatic rings. The van der Waals surface area contributed by atoms with E-state index >= 15 is 0 Å².